The van der Waals surface area contributed by atoms with Gasteiger partial charge in [-0.05, 0) is 18.6 Å². The van der Waals surface area contributed by atoms with E-state index in [4.69, 9.17) is 0 Å². The largest absolute Gasteiger partial charge is 0.453 e. The van der Waals surface area contributed by atoms with Crippen LogP contribution in [-0.2, 0) is 6.18 Å². The lowest BCUT2D eigenvalue weighted by Gasteiger charge is -2.25. The van der Waals surface area contributed by atoms with E-state index in [-0.39, 0.29) is 24.5 Å². The molecule has 1 atom stereocenters. The molecule has 0 bridgehead atoms. The lowest BCUT2D eigenvalue weighted by molar-refractivity contribution is -0.145. The molecule has 4 nitrogen and oxygen atoms in total. The summed E-state index contributed by atoms with van der Waals surface area (Å²) >= 11 is 0. The molecule has 0 saturated carbocycles. The highest BCUT2D eigenvalue weighted by Crippen LogP contribution is 2.34. The van der Waals surface area contributed by atoms with Gasteiger partial charge in [0.15, 0.2) is 0 Å². The highest BCUT2D eigenvalue weighted by atomic mass is 19.4. The Hall–Kier alpha value is -2.19. The second-order valence-corrected chi connectivity index (χ2v) is 4.57. The van der Waals surface area contributed by atoms with Gasteiger partial charge in [-0.2, -0.15) is 18.2 Å². The molecule has 1 aliphatic rings. The minimum absolute atomic E-state index is 0.152. The molecule has 1 N–H and O–H groups in total. The summed E-state index contributed by atoms with van der Waals surface area (Å²) in [6, 6.07) is 2.34. The minimum atomic E-state index is -4.72. The van der Waals surface area contributed by atoms with Gasteiger partial charge in [0, 0.05) is 12.1 Å². The van der Waals surface area contributed by atoms with E-state index < -0.39 is 29.7 Å². The van der Waals surface area contributed by atoms with Crippen LogP contribution in [0.4, 0.5) is 27.9 Å². The molecule has 1 unspecified atom stereocenters. The molecular formula is C12H9F5N4. The first-order chi connectivity index (χ1) is 9.88. The normalized spacial score (nSPS) is 18.2. The van der Waals surface area contributed by atoms with Crippen LogP contribution in [0.15, 0.2) is 18.2 Å². The van der Waals surface area contributed by atoms with E-state index in [1.807, 2.05) is 0 Å². The average Bonchev–Trinajstić information content (AvgIpc) is 2.83. The molecule has 0 fully saturated rings. The van der Waals surface area contributed by atoms with Crippen LogP contribution in [0.25, 0.3) is 0 Å². The number of benzene rings is 1. The number of nitrogens with zero attached hydrogens (tertiary/aromatic N) is 3. The van der Waals surface area contributed by atoms with Gasteiger partial charge in [-0.15, -0.1) is 5.10 Å². The fourth-order valence-corrected chi connectivity index (χ4v) is 2.32. The molecule has 2 heterocycles. The van der Waals surface area contributed by atoms with Gasteiger partial charge in [-0.3, -0.25) is 0 Å². The molecular weight excluding hydrogens is 295 g/mol. The average molecular weight is 304 g/mol. The first kappa shape index (κ1) is 13.8. The molecule has 21 heavy (non-hydrogen) atoms. The third-order valence-electron chi connectivity index (χ3n) is 3.21. The monoisotopic (exact) mass is 304 g/mol. The Balaban J connectivity index is 2.11. The SMILES string of the molecule is Fc1cccc(F)c1C1CCNc2nc(C(F)(F)F)nn21. The smallest absolute Gasteiger partial charge is 0.354 e. The third-order valence-corrected chi connectivity index (χ3v) is 3.21. The molecule has 0 saturated heterocycles. The zero-order valence-corrected chi connectivity index (χ0v) is 10.5. The second-order valence-electron chi connectivity index (χ2n) is 4.57. The lowest BCUT2D eigenvalue weighted by atomic mass is 10.0. The Labute approximate surface area is 115 Å². The molecule has 0 amide bonds. The van der Waals surface area contributed by atoms with Crippen LogP contribution in [0.2, 0.25) is 0 Å². The van der Waals surface area contributed by atoms with Crippen LogP contribution in [0, 0.1) is 11.6 Å². The predicted octanol–water partition coefficient (Wildman–Crippen LogP) is 2.98. The number of fused-ring (bicyclic) bond motifs is 1. The van der Waals surface area contributed by atoms with Crippen molar-refractivity contribution in [3.8, 4) is 0 Å². The van der Waals surface area contributed by atoms with Crippen LogP contribution in [0.3, 0.4) is 0 Å². The van der Waals surface area contributed by atoms with Crippen LogP contribution >= 0.6 is 0 Å². The van der Waals surface area contributed by atoms with Gasteiger partial charge in [0.05, 0.1) is 6.04 Å². The van der Waals surface area contributed by atoms with E-state index >= 15 is 0 Å². The lowest BCUT2D eigenvalue weighted by Crippen LogP contribution is -2.26. The van der Waals surface area contributed by atoms with Crippen molar-refractivity contribution >= 4 is 5.95 Å². The third kappa shape index (κ3) is 2.32. The highest BCUT2D eigenvalue weighted by Gasteiger charge is 2.39. The van der Waals surface area contributed by atoms with Gasteiger partial charge in [0.2, 0.25) is 5.95 Å². The van der Waals surface area contributed by atoms with Crippen LogP contribution in [0.1, 0.15) is 23.9 Å². The first-order valence-corrected chi connectivity index (χ1v) is 6.09. The Morgan fingerprint density at radius 3 is 2.48 bits per heavy atom. The number of hydrogen-bond acceptors (Lipinski definition) is 3. The molecule has 0 spiro atoms. The van der Waals surface area contributed by atoms with E-state index in [9.17, 15) is 22.0 Å². The van der Waals surface area contributed by atoms with E-state index in [0.29, 0.717) is 0 Å². The number of nitrogens with one attached hydrogen (secondary N) is 1. The van der Waals surface area contributed by atoms with E-state index in [0.717, 1.165) is 16.8 Å². The summed E-state index contributed by atoms with van der Waals surface area (Å²) in [5.74, 6) is -3.14. The number of alkyl halides is 3. The van der Waals surface area contributed by atoms with Gasteiger partial charge >= 0.3 is 6.18 Å². The van der Waals surface area contributed by atoms with Gasteiger partial charge < -0.3 is 5.32 Å². The molecule has 9 heteroatoms. The number of hydrogen-bond donors (Lipinski definition) is 1. The Bertz CT molecular complexity index is 659. The molecule has 1 aliphatic heterocycles. The molecule has 1 aromatic carbocycles. The first-order valence-electron chi connectivity index (χ1n) is 6.09. The number of halogens is 5. The molecule has 0 aliphatic carbocycles. The summed E-state index contributed by atoms with van der Waals surface area (Å²) in [6.07, 6.45) is -4.52. The van der Waals surface area contributed by atoms with Gasteiger partial charge in [0.25, 0.3) is 5.82 Å². The Morgan fingerprint density at radius 2 is 1.86 bits per heavy atom. The van der Waals surface area contributed by atoms with Crippen molar-refractivity contribution in [3.63, 3.8) is 0 Å². The zero-order chi connectivity index (χ0) is 15.2. The van der Waals surface area contributed by atoms with E-state index in [1.54, 1.807) is 0 Å². The number of anilines is 1. The standard InChI is InChI=1S/C12H9F5N4/c13-6-2-1-3-7(14)9(6)8-4-5-18-11-19-10(12(15,16)17)20-21(8)11/h1-3,8H,4-5H2,(H,18,19,20). The molecule has 1 aromatic heterocycles. The Morgan fingerprint density at radius 1 is 1.19 bits per heavy atom. The van der Waals surface area contributed by atoms with Crippen LogP contribution in [0.5, 0.6) is 0 Å². The molecule has 2 aromatic rings. The van der Waals surface area contributed by atoms with Crippen LogP contribution < -0.4 is 5.32 Å². The Kier molecular flexibility index (Phi) is 3.07. The van der Waals surface area contributed by atoms with Crippen molar-refractivity contribution in [2.24, 2.45) is 0 Å². The summed E-state index contributed by atoms with van der Waals surface area (Å²) in [4.78, 5) is 3.33. The van der Waals surface area contributed by atoms with Gasteiger partial charge in [-0.1, -0.05) is 6.07 Å². The van der Waals surface area contributed by atoms with Crippen molar-refractivity contribution in [2.45, 2.75) is 18.6 Å². The molecule has 0 radical (unpaired) electrons. The van der Waals surface area contributed by atoms with Gasteiger partial charge in [0.1, 0.15) is 11.6 Å². The quantitative estimate of drug-likeness (QED) is 0.824. The van der Waals surface area contributed by atoms with Crippen LogP contribution in [-0.4, -0.2) is 21.3 Å². The predicted molar refractivity (Wildman–Crippen MR) is 62.6 cm³/mol. The fourth-order valence-electron chi connectivity index (χ4n) is 2.32. The minimum Gasteiger partial charge on any atom is -0.354 e. The van der Waals surface area contributed by atoms with Gasteiger partial charge in [-0.25, -0.2) is 13.5 Å². The van der Waals surface area contributed by atoms with E-state index in [2.05, 4.69) is 15.4 Å². The van der Waals surface area contributed by atoms with Crippen molar-refractivity contribution in [1.29, 1.82) is 0 Å². The molecule has 3 rings (SSSR count). The number of rotatable bonds is 1. The maximum absolute atomic E-state index is 13.8. The summed E-state index contributed by atoms with van der Waals surface area (Å²) < 4.78 is 66.5. The second kappa shape index (κ2) is 4.68. The maximum Gasteiger partial charge on any atom is 0.453 e. The zero-order valence-electron chi connectivity index (χ0n) is 10.5. The highest BCUT2D eigenvalue weighted by molar-refractivity contribution is 5.34. The maximum atomic E-state index is 13.8. The fraction of sp³-hybridized carbons (Fsp3) is 0.333. The van der Waals surface area contributed by atoms with Crippen molar-refractivity contribution < 1.29 is 22.0 Å². The van der Waals surface area contributed by atoms with Crippen molar-refractivity contribution in [1.82, 2.24) is 14.8 Å². The van der Waals surface area contributed by atoms with Crippen molar-refractivity contribution in [2.75, 3.05) is 11.9 Å². The summed E-state index contributed by atoms with van der Waals surface area (Å²) in [5.41, 5.74) is -0.307. The summed E-state index contributed by atoms with van der Waals surface area (Å²) in [6.45, 7) is 0.244. The van der Waals surface area contributed by atoms with Crippen molar-refractivity contribution in [3.05, 3.63) is 41.2 Å². The summed E-state index contributed by atoms with van der Waals surface area (Å²) in [5, 5.41) is 5.99. The molecule has 112 valence electrons. The summed E-state index contributed by atoms with van der Waals surface area (Å²) in [7, 11) is 0. The number of aromatic nitrogens is 3. The van der Waals surface area contributed by atoms with E-state index in [1.165, 1.54) is 6.07 Å². The topological polar surface area (TPSA) is 42.7 Å².